The normalized spacial score (nSPS) is 22.0. The van der Waals surface area contributed by atoms with Gasteiger partial charge in [0.05, 0.1) is 31.6 Å². The van der Waals surface area contributed by atoms with Crippen molar-refractivity contribution in [1.82, 2.24) is 0 Å². The van der Waals surface area contributed by atoms with Crippen molar-refractivity contribution in [2.75, 3.05) is 24.2 Å². The zero-order chi connectivity index (χ0) is 23.1. The average molecular weight is 448 g/mol. The molecule has 2 heterocycles. The van der Waals surface area contributed by atoms with Crippen molar-refractivity contribution in [3.63, 3.8) is 0 Å². The van der Waals surface area contributed by atoms with Crippen molar-refractivity contribution in [3.05, 3.63) is 84.2 Å². The second kappa shape index (κ2) is 8.22. The van der Waals surface area contributed by atoms with Crippen LogP contribution in [0.15, 0.2) is 72.8 Å². The fourth-order valence-corrected chi connectivity index (χ4v) is 4.35. The molecule has 7 nitrogen and oxygen atoms in total. The van der Waals surface area contributed by atoms with Crippen LogP contribution in [0, 0.1) is 11.7 Å². The fraction of sp³-hybridized carbons (Fsp3) is 0.200. The summed E-state index contributed by atoms with van der Waals surface area (Å²) in [6, 6.07) is 19.2. The lowest BCUT2D eigenvalue weighted by Crippen LogP contribution is -2.37. The average Bonchev–Trinajstić information content (AvgIpc) is 3.36. The van der Waals surface area contributed by atoms with Crippen LogP contribution in [0.5, 0.6) is 11.5 Å². The number of carbonyl (C=O) groups is 2. The summed E-state index contributed by atoms with van der Waals surface area (Å²) < 4.78 is 23.9. The van der Waals surface area contributed by atoms with E-state index in [2.05, 4.69) is 0 Å². The standard InChI is InChI=1S/C25H21FN2O5/c1-31-19-11-3-15(4-12-19)22-21-23(33-28(22)18-9-13-20(32-2)14-10-18)25(30)27(24(21)29)17-7-5-16(26)6-8-17/h3-14,21-23H,1-2H3/t21-,22+,23+/m1/s1. The Morgan fingerprint density at radius 3 is 1.88 bits per heavy atom. The highest BCUT2D eigenvalue weighted by Crippen LogP contribution is 2.47. The molecule has 0 aromatic heterocycles. The molecule has 2 fully saturated rings. The van der Waals surface area contributed by atoms with Gasteiger partial charge in [-0.05, 0) is 66.2 Å². The number of amides is 2. The third kappa shape index (κ3) is 3.48. The third-order valence-corrected chi connectivity index (χ3v) is 5.98. The van der Waals surface area contributed by atoms with Gasteiger partial charge in [-0.2, -0.15) is 0 Å². The van der Waals surface area contributed by atoms with Gasteiger partial charge in [-0.25, -0.2) is 14.4 Å². The minimum absolute atomic E-state index is 0.314. The number of imide groups is 1. The van der Waals surface area contributed by atoms with Crippen molar-refractivity contribution < 1.29 is 28.3 Å². The Bertz CT molecular complexity index is 1180. The second-order valence-corrected chi connectivity index (χ2v) is 7.78. The second-order valence-electron chi connectivity index (χ2n) is 7.78. The van der Waals surface area contributed by atoms with E-state index in [9.17, 15) is 14.0 Å². The Balaban J connectivity index is 1.56. The Morgan fingerprint density at radius 2 is 1.30 bits per heavy atom. The Kier molecular flexibility index (Phi) is 5.22. The highest BCUT2D eigenvalue weighted by Gasteiger charge is 2.60. The van der Waals surface area contributed by atoms with E-state index in [1.807, 2.05) is 24.3 Å². The molecule has 33 heavy (non-hydrogen) atoms. The smallest absolute Gasteiger partial charge is 0.266 e. The van der Waals surface area contributed by atoms with Gasteiger partial charge in [-0.15, -0.1) is 0 Å². The van der Waals surface area contributed by atoms with Crippen molar-refractivity contribution in [3.8, 4) is 11.5 Å². The van der Waals surface area contributed by atoms with Crippen molar-refractivity contribution in [1.29, 1.82) is 0 Å². The van der Waals surface area contributed by atoms with E-state index < -0.39 is 35.7 Å². The summed E-state index contributed by atoms with van der Waals surface area (Å²) in [4.78, 5) is 34.0. The first-order valence-corrected chi connectivity index (χ1v) is 10.4. The predicted octanol–water partition coefficient (Wildman–Crippen LogP) is 3.89. The SMILES string of the molecule is COc1ccc([C@H]2[C@H]3C(=O)N(c4ccc(F)cc4)C(=O)[C@H]3ON2c2ccc(OC)cc2)cc1. The molecule has 0 radical (unpaired) electrons. The minimum Gasteiger partial charge on any atom is -0.497 e. The molecule has 0 N–H and O–H groups in total. The number of benzene rings is 3. The Hall–Kier alpha value is -3.91. The van der Waals surface area contributed by atoms with E-state index in [0.717, 1.165) is 10.5 Å². The van der Waals surface area contributed by atoms with Crippen LogP contribution in [0.2, 0.25) is 0 Å². The maximum absolute atomic E-state index is 13.5. The molecule has 0 saturated carbocycles. The van der Waals surface area contributed by atoms with E-state index in [1.54, 1.807) is 43.5 Å². The van der Waals surface area contributed by atoms with Crippen LogP contribution in [0.25, 0.3) is 0 Å². The van der Waals surface area contributed by atoms with Crippen LogP contribution in [-0.2, 0) is 14.4 Å². The summed E-state index contributed by atoms with van der Waals surface area (Å²) in [6.07, 6.45) is -1.00. The summed E-state index contributed by atoms with van der Waals surface area (Å²) >= 11 is 0. The van der Waals surface area contributed by atoms with Crippen LogP contribution < -0.4 is 19.4 Å². The van der Waals surface area contributed by atoms with Crippen molar-refractivity contribution in [2.45, 2.75) is 12.1 Å². The quantitative estimate of drug-likeness (QED) is 0.552. The van der Waals surface area contributed by atoms with Crippen LogP contribution in [0.4, 0.5) is 15.8 Å². The zero-order valence-corrected chi connectivity index (χ0v) is 18.0. The van der Waals surface area contributed by atoms with Gasteiger partial charge in [0.1, 0.15) is 23.2 Å². The molecule has 0 spiro atoms. The van der Waals surface area contributed by atoms with Crippen LogP contribution in [0.1, 0.15) is 11.6 Å². The predicted molar refractivity (Wildman–Crippen MR) is 118 cm³/mol. The van der Waals surface area contributed by atoms with Crippen LogP contribution >= 0.6 is 0 Å². The van der Waals surface area contributed by atoms with E-state index in [0.29, 0.717) is 22.9 Å². The number of rotatable bonds is 5. The number of ether oxygens (including phenoxy) is 2. The summed E-state index contributed by atoms with van der Waals surface area (Å²) in [7, 11) is 3.15. The van der Waals surface area contributed by atoms with Gasteiger partial charge in [0.15, 0.2) is 6.10 Å². The van der Waals surface area contributed by atoms with Gasteiger partial charge in [-0.3, -0.25) is 14.4 Å². The first-order valence-electron chi connectivity index (χ1n) is 10.4. The summed E-state index contributed by atoms with van der Waals surface area (Å²) in [5.74, 6) is -0.755. The van der Waals surface area contributed by atoms with E-state index >= 15 is 0 Å². The molecular formula is C25H21FN2O5. The van der Waals surface area contributed by atoms with Gasteiger partial charge >= 0.3 is 0 Å². The van der Waals surface area contributed by atoms with Crippen molar-refractivity contribution >= 4 is 23.2 Å². The van der Waals surface area contributed by atoms with Gasteiger partial charge < -0.3 is 9.47 Å². The number of fused-ring (bicyclic) bond motifs is 1. The Morgan fingerprint density at radius 1 is 0.758 bits per heavy atom. The lowest BCUT2D eigenvalue weighted by atomic mass is 9.90. The molecule has 0 bridgehead atoms. The molecule has 2 aliphatic rings. The number of methoxy groups -OCH3 is 2. The number of hydrogen-bond donors (Lipinski definition) is 0. The number of hydrogen-bond acceptors (Lipinski definition) is 6. The summed E-state index contributed by atoms with van der Waals surface area (Å²) in [5, 5.41) is 1.61. The molecule has 5 rings (SSSR count). The largest absolute Gasteiger partial charge is 0.497 e. The van der Waals surface area contributed by atoms with Crippen LogP contribution in [0.3, 0.4) is 0 Å². The molecular weight excluding hydrogens is 427 g/mol. The molecule has 3 aromatic carbocycles. The van der Waals surface area contributed by atoms with Gasteiger partial charge in [0, 0.05) is 0 Å². The van der Waals surface area contributed by atoms with Crippen LogP contribution in [-0.4, -0.2) is 32.1 Å². The molecule has 3 aromatic rings. The number of nitrogens with zero attached hydrogens (tertiary/aromatic N) is 2. The molecule has 2 aliphatic heterocycles. The fourth-order valence-electron chi connectivity index (χ4n) is 4.35. The van der Waals surface area contributed by atoms with Crippen molar-refractivity contribution in [2.24, 2.45) is 5.92 Å². The molecule has 2 saturated heterocycles. The molecule has 2 amide bonds. The topological polar surface area (TPSA) is 68.3 Å². The number of halogens is 1. The van der Waals surface area contributed by atoms with E-state index in [1.165, 1.54) is 24.3 Å². The van der Waals surface area contributed by atoms with E-state index in [-0.39, 0.29) is 0 Å². The third-order valence-electron chi connectivity index (χ3n) is 5.98. The van der Waals surface area contributed by atoms with Gasteiger partial charge in [0.2, 0.25) is 5.91 Å². The first-order chi connectivity index (χ1) is 16.0. The molecule has 0 aliphatic carbocycles. The lowest BCUT2D eigenvalue weighted by Gasteiger charge is -2.29. The molecule has 0 unspecified atom stereocenters. The monoisotopic (exact) mass is 448 g/mol. The first kappa shape index (κ1) is 21.0. The molecule has 3 atom stereocenters. The lowest BCUT2D eigenvalue weighted by molar-refractivity contribution is -0.126. The summed E-state index contributed by atoms with van der Waals surface area (Å²) in [5.41, 5.74) is 1.79. The van der Waals surface area contributed by atoms with Gasteiger partial charge in [-0.1, -0.05) is 12.1 Å². The molecule has 168 valence electrons. The Labute approximate surface area is 189 Å². The highest BCUT2D eigenvalue weighted by molar-refractivity contribution is 6.23. The number of carbonyl (C=O) groups excluding carboxylic acids is 2. The summed E-state index contributed by atoms with van der Waals surface area (Å²) in [6.45, 7) is 0. The maximum Gasteiger partial charge on any atom is 0.266 e. The molecule has 8 heteroatoms. The number of hydroxylamine groups is 1. The van der Waals surface area contributed by atoms with Gasteiger partial charge in [0.25, 0.3) is 5.91 Å². The van der Waals surface area contributed by atoms with E-state index in [4.69, 9.17) is 14.3 Å². The minimum atomic E-state index is -1.00. The highest BCUT2D eigenvalue weighted by atomic mass is 19.1. The maximum atomic E-state index is 13.5. The zero-order valence-electron chi connectivity index (χ0n) is 18.0. The number of anilines is 2.